The second kappa shape index (κ2) is 6.57. The minimum Gasteiger partial charge on any atom is -0.356 e. The number of guanidine groups is 1. The Morgan fingerprint density at radius 3 is 2.68 bits per heavy atom. The van der Waals surface area contributed by atoms with Crippen molar-refractivity contribution in [3.8, 4) is 0 Å². The molecule has 2 aliphatic carbocycles. The zero-order valence-electron chi connectivity index (χ0n) is 14.0. The van der Waals surface area contributed by atoms with E-state index in [4.69, 9.17) is 0 Å². The first-order valence-electron chi connectivity index (χ1n) is 8.52. The van der Waals surface area contributed by atoms with Crippen LogP contribution in [0.4, 0.5) is 0 Å². The van der Waals surface area contributed by atoms with Gasteiger partial charge in [0.15, 0.2) is 5.96 Å². The summed E-state index contributed by atoms with van der Waals surface area (Å²) >= 11 is 1.73. The van der Waals surface area contributed by atoms with E-state index in [-0.39, 0.29) is 0 Å². The first kappa shape index (κ1) is 15.8. The molecule has 0 aromatic carbocycles. The molecule has 0 atom stereocenters. The number of rotatable bonds is 6. The van der Waals surface area contributed by atoms with Crippen LogP contribution in [-0.4, -0.2) is 24.5 Å². The van der Waals surface area contributed by atoms with E-state index in [9.17, 15) is 0 Å². The van der Waals surface area contributed by atoms with E-state index in [1.165, 1.54) is 37.8 Å². The van der Waals surface area contributed by atoms with Crippen LogP contribution in [-0.2, 0) is 6.54 Å². The molecule has 2 aliphatic rings. The fraction of sp³-hybridized carbons (Fsp3) is 0.765. The Bertz CT molecular complexity index is 527. The molecule has 0 aliphatic heterocycles. The zero-order chi connectivity index (χ0) is 15.6. The van der Waals surface area contributed by atoms with Gasteiger partial charge in [-0.05, 0) is 42.9 Å². The van der Waals surface area contributed by atoms with Crippen LogP contribution in [0.2, 0.25) is 0 Å². The number of thiazole rings is 1. The minimum absolute atomic E-state index is 0.499. The van der Waals surface area contributed by atoms with Crippen LogP contribution in [0.15, 0.2) is 10.4 Å². The van der Waals surface area contributed by atoms with Crippen LogP contribution in [0, 0.1) is 11.3 Å². The summed E-state index contributed by atoms with van der Waals surface area (Å²) in [6.45, 7) is 6.20. The molecule has 0 spiro atoms. The van der Waals surface area contributed by atoms with E-state index in [1.807, 2.05) is 7.05 Å². The van der Waals surface area contributed by atoms with Gasteiger partial charge in [0, 0.05) is 19.0 Å². The molecule has 2 N–H and O–H groups in total. The average molecular weight is 321 g/mol. The quantitative estimate of drug-likeness (QED) is 0.623. The van der Waals surface area contributed by atoms with Crippen molar-refractivity contribution in [2.75, 3.05) is 13.6 Å². The molecule has 0 amide bonds. The third kappa shape index (κ3) is 3.45. The van der Waals surface area contributed by atoms with Gasteiger partial charge in [-0.3, -0.25) is 4.99 Å². The van der Waals surface area contributed by atoms with Crippen molar-refractivity contribution in [3.63, 3.8) is 0 Å². The molecule has 1 heterocycles. The highest BCUT2D eigenvalue weighted by Crippen LogP contribution is 2.56. The highest BCUT2D eigenvalue weighted by atomic mass is 32.1. The van der Waals surface area contributed by atoms with Gasteiger partial charge in [0.2, 0.25) is 0 Å². The van der Waals surface area contributed by atoms with Gasteiger partial charge in [0.05, 0.1) is 12.2 Å². The Kier molecular flexibility index (Phi) is 4.71. The van der Waals surface area contributed by atoms with Crippen LogP contribution in [0.1, 0.15) is 62.6 Å². The molecule has 122 valence electrons. The molecule has 5 heteroatoms. The van der Waals surface area contributed by atoms with Gasteiger partial charge < -0.3 is 10.6 Å². The summed E-state index contributed by atoms with van der Waals surface area (Å²) in [6, 6.07) is 0. The van der Waals surface area contributed by atoms with Crippen molar-refractivity contribution >= 4 is 17.3 Å². The summed E-state index contributed by atoms with van der Waals surface area (Å²) in [6.07, 6.45) is 7.06. The van der Waals surface area contributed by atoms with Gasteiger partial charge in [-0.25, -0.2) is 4.98 Å². The Morgan fingerprint density at radius 1 is 1.41 bits per heavy atom. The van der Waals surface area contributed by atoms with Crippen LogP contribution in [0.3, 0.4) is 0 Å². The Morgan fingerprint density at radius 2 is 2.18 bits per heavy atom. The molecule has 0 unspecified atom stereocenters. The van der Waals surface area contributed by atoms with E-state index in [0.29, 0.717) is 11.3 Å². The molecule has 22 heavy (non-hydrogen) atoms. The van der Waals surface area contributed by atoms with Crippen LogP contribution >= 0.6 is 11.3 Å². The maximum absolute atomic E-state index is 4.66. The highest BCUT2D eigenvalue weighted by Gasteiger charge is 2.48. The van der Waals surface area contributed by atoms with Crippen molar-refractivity contribution in [1.82, 2.24) is 15.6 Å². The van der Waals surface area contributed by atoms with Crippen LogP contribution < -0.4 is 10.6 Å². The fourth-order valence-electron chi connectivity index (χ4n) is 3.37. The van der Waals surface area contributed by atoms with Gasteiger partial charge in [-0.15, -0.1) is 11.3 Å². The maximum Gasteiger partial charge on any atom is 0.191 e. The predicted octanol–water partition coefficient (Wildman–Crippen LogP) is 3.51. The summed E-state index contributed by atoms with van der Waals surface area (Å²) in [5, 5.41) is 10.2. The lowest BCUT2D eigenvalue weighted by atomic mass is 9.65. The molecule has 0 bridgehead atoms. The molecule has 1 aromatic rings. The maximum atomic E-state index is 4.66. The molecule has 0 radical (unpaired) electrons. The first-order valence-corrected chi connectivity index (χ1v) is 9.40. The largest absolute Gasteiger partial charge is 0.356 e. The summed E-state index contributed by atoms with van der Waals surface area (Å²) < 4.78 is 0. The summed E-state index contributed by atoms with van der Waals surface area (Å²) in [5.41, 5.74) is 1.76. The van der Waals surface area contributed by atoms with Gasteiger partial charge >= 0.3 is 0 Å². The highest BCUT2D eigenvalue weighted by molar-refractivity contribution is 7.09. The number of hydrogen-bond donors (Lipinski definition) is 2. The summed E-state index contributed by atoms with van der Waals surface area (Å²) in [5.74, 6) is 2.38. The smallest absolute Gasteiger partial charge is 0.191 e. The van der Waals surface area contributed by atoms with E-state index >= 15 is 0 Å². The molecule has 0 saturated heterocycles. The Hall–Kier alpha value is -1.10. The van der Waals surface area contributed by atoms with Crippen LogP contribution in [0.25, 0.3) is 0 Å². The third-order valence-corrected chi connectivity index (χ3v) is 6.06. The number of aromatic nitrogens is 1. The minimum atomic E-state index is 0.499. The van der Waals surface area contributed by atoms with Crippen molar-refractivity contribution in [2.45, 2.75) is 58.4 Å². The molecular formula is C17H28N4S. The van der Waals surface area contributed by atoms with E-state index in [1.54, 1.807) is 11.3 Å². The molecule has 1 aromatic heterocycles. The van der Waals surface area contributed by atoms with Crippen LogP contribution in [0.5, 0.6) is 0 Å². The van der Waals surface area contributed by atoms with Crippen molar-refractivity contribution in [3.05, 3.63) is 16.1 Å². The molecular weight excluding hydrogens is 292 g/mol. The SMILES string of the molecule is CN=C(NCc1nc(C(C)C)cs1)NCC1(C2CC2)CCC1. The lowest BCUT2D eigenvalue weighted by molar-refractivity contribution is 0.106. The number of nitrogens with zero attached hydrogens (tertiary/aromatic N) is 2. The number of aliphatic imine (C=N–C) groups is 1. The number of nitrogens with one attached hydrogen (secondary N) is 2. The standard InChI is InChI=1S/C17H28N4S/c1-12(2)14-10-22-15(21-14)9-19-16(18-3)20-11-17(7-4-8-17)13-5-6-13/h10,12-13H,4-9,11H2,1-3H3,(H2,18,19,20). The Labute approximate surface area is 137 Å². The second-order valence-electron chi connectivity index (χ2n) is 7.09. The van der Waals surface area contributed by atoms with Crippen molar-refractivity contribution in [1.29, 1.82) is 0 Å². The first-order chi connectivity index (χ1) is 10.6. The Balaban J connectivity index is 1.47. The molecule has 3 rings (SSSR count). The fourth-order valence-corrected chi connectivity index (χ4v) is 4.26. The van der Waals surface area contributed by atoms with Gasteiger partial charge in [0.25, 0.3) is 0 Å². The summed E-state index contributed by atoms with van der Waals surface area (Å²) in [7, 11) is 1.85. The normalized spacial score (nSPS) is 20.8. The van der Waals surface area contributed by atoms with E-state index < -0.39 is 0 Å². The molecule has 2 saturated carbocycles. The van der Waals surface area contributed by atoms with E-state index in [0.717, 1.165) is 30.0 Å². The van der Waals surface area contributed by atoms with Gasteiger partial charge in [0.1, 0.15) is 5.01 Å². The average Bonchev–Trinajstić information content (AvgIpc) is 3.18. The van der Waals surface area contributed by atoms with Crippen molar-refractivity contribution in [2.24, 2.45) is 16.3 Å². The number of hydrogen-bond acceptors (Lipinski definition) is 3. The lowest BCUT2D eigenvalue weighted by Crippen LogP contribution is -2.47. The van der Waals surface area contributed by atoms with Gasteiger partial charge in [-0.1, -0.05) is 20.3 Å². The van der Waals surface area contributed by atoms with E-state index in [2.05, 4.69) is 39.8 Å². The second-order valence-corrected chi connectivity index (χ2v) is 8.03. The van der Waals surface area contributed by atoms with Gasteiger partial charge in [-0.2, -0.15) is 0 Å². The molecule has 2 fully saturated rings. The summed E-state index contributed by atoms with van der Waals surface area (Å²) in [4.78, 5) is 9.02. The monoisotopic (exact) mass is 320 g/mol. The topological polar surface area (TPSA) is 49.3 Å². The zero-order valence-corrected chi connectivity index (χ0v) is 14.8. The molecule has 4 nitrogen and oxygen atoms in total. The lowest BCUT2D eigenvalue weighted by Gasteiger charge is -2.43. The van der Waals surface area contributed by atoms with Crippen molar-refractivity contribution < 1.29 is 0 Å². The predicted molar refractivity (Wildman–Crippen MR) is 93.4 cm³/mol. The third-order valence-electron chi connectivity index (χ3n) is 5.19.